The summed E-state index contributed by atoms with van der Waals surface area (Å²) >= 11 is 0. The van der Waals surface area contributed by atoms with Crippen LogP contribution in [0, 0.1) is 0 Å². The van der Waals surface area contributed by atoms with Gasteiger partial charge in [-0.2, -0.15) is 0 Å². The van der Waals surface area contributed by atoms with Gasteiger partial charge >= 0.3 is 11.9 Å². The number of methoxy groups -OCH3 is 2. The Morgan fingerprint density at radius 1 is 0.462 bits per heavy atom. The summed E-state index contributed by atoms with van der Waals surface area (Å²) in [5.74, 6) is -1.73. The monoisotopic (exact) mass is 694 g/mol. The SMILES string of the molecule is COc1ccc(CCNC(=O)c2ccc3c4ccc(C(=O)O)c5c(C(=O)O)ccc(c6ccc(C(=O)NCCc7ccc(OC)cc7)c2c36)c54)cc1. The zero-order valence-corrected chi connectivity index (χ0v) is 28.4. The number of carboxylic acids is 2. The zero-order valence-electron chi connectivity index (χ0n) is 28.4. The summed E-state index contributed by atoms with van der Waals surface area (Å²) < 4.78 is 10.5. The van der Waals surface area contributed by atoms with Crippen LogP contribution in [0.15, 0.2) is 97.1 Å². The molecule has 0 fully saturated rings. The van der Waals surface area contributed by atoms with Gasteiger partial charge in [0, 0.05) is 35.0 Å². The molecule has 2 amide bonds. The molecule has 0 radical (unpaired) electrons. The van der Waals surface area contributed by atoms with Crippen molar-refractivity contribution in [2.24, 2.45) is 0 Å². The molecule has 0 saturated carbocycles. The van der Waals surface area contributed by atoms with E-state index in [1.165, 1.54) is 12.1 Å². The van der Waals surface area contributed by atoms with Gasteiger partial charge < -0.3 is 30.3 Å². The van der Waals surface area contributed by atoms with Crippen LogP contribution in [0.3, 0.4) is 0 Å². The summed E-state index contributed by atoms with van der Waals surface area (Å²) in [6, 6.07) is 28.2. The molecule has 260 valence electrons. The van der Waals surface area contributed by atoms with E-state index in [9.17, 15) is 29.4 Å². The maximum atomic E-state index is 14.0. The highest BCUT2D eigenvalue weighted by atomic mass is 16.5. The number of fused-ring (bicyclic) bond motifs is 2. The quantitative estimate of drug-likeness (QED) is 0.0782. The number of benzene rings is 7. The minimum Gasteiger partial charge on any atom is -0.497 e. The Hall–Kier alpha value is -6.68. The maximum Gasteiger partial charge on any atom is 0.336 e. The van der Waals surface area contributed by atoms with Gasteiger partial charge in [0.15, 0.2) is 0 Å². The summed E-state index contributed by atoms with van der Waals surface area (Å²) in [7, 11) is 3.20. The smallest absolute Gasteiger partial charge is 0.336 e. The molecule has 10 heteroatoms. The number of ether oxygens (including phenoxy) is 2. The van der Waals surface area contributed by atoms with Gasteiger partial charge in [-0.3, -0.25) is 9.59 Å². The highest BCUT2D eigenvalue weighted by molar-refractivity contribution is 6.38. The molecule has 7 aromatic rings. The minimum atomic E-state index is -1.24. The van der Waals surface area contributed by atoms with Crippen molar-refractivity contribution in [2.45, 2.75) is 12.8 Å². The molecule has 10 nitrogen and oxygen atoms in total. The first-order valence-corrected chi connectivity index (χ1v) is 16.7. The number of nitrogens with one attached hydrogen (secondary N) is 2. The lowest BCUT2D eigenvalue weighted by Crippen LogP contribution is -2.28. The van der Waals surface area contributed by atoms with E-state index >= 15 is 0 Å². The van der Waals surface area contributed by atoms with Crippen molar-refractivity contribution in [3.63, 3.8) is 0 Å². The van der Waals surface area contributed by atoms with E-state index in [1.807, 2.05) is 48.5 Å². The normalized spacial score (nSPS) is 11.3. The van der Waals surface area contributed by atoms with Crippen LogP contribution in [0.4, 0.5) is 0 Å². The zero-order chi connectivity index (χ0) is 36.5. The molecule has 0 aliphatic carbocycles. The Bertz CT molecular complexity index is 2360. The van der Waals surface area contributed by atoms with Crippen LogP contribution in [-0.4, -0.2) is 61.3 Å². The van der Waals surface area contributed by atoms with E-state index in [0.717, 1.165) is 22.6 Å². The molecule has 4 N–H and O–H groups in total. The van der Waals surface area contributed by atoms with E-state index < -0.39 is 11.9 Å². The lowest BCUT2D eigenvalue weighted by Gasteiger charge is -2.20. The third-order valence-corrected chi connectivity index (χ3v) is 9.57. The van der Waals surface area contributed by atoms with Gasteiger partial charge in [0.2, 0.25) is 0 Å². The Kier molecular flexibility index (Phi) is 9.04. The lowest BCUT2D eigenvalue weighted by molar-refractivity contribution is 0.0695. The van der Waals surface area contributed by atoms with Crippen LogP contribution < -0.4 is 20.1 Å². The second-order valence-corrected chi connectivity index (χ2v) is 12.5. The molecule has 52 heavy (non-hydrogen) atoms. The Labute approximate surface area is 297 Å². The summed E-state index contributed by atoms with van der Waals surface area (Å²) in [6.45, 7) is 0.686. The van der Waals surface area contributed by atoms with Gasteiger partial charge in [-0.25, -0.2) is 9.59 Å². The first-order valence-electron chi connectivity index (χ1n) is 16.7. The molecule has 7 rings (SSSR count). The topological polar surface area (TPSA) is 151 Å². The van der Waals surface area contributed by atoms with Crippen molar-refractivity contribution in [3.05, 3.63) is 130 Å². The molecule has 0 bridgehead atoms. The van der Waals surface area contributed by atoms with E-state index in [2.05, 4.69) is 10.6 Å². The predicted octanol–water partition coefficient (Wildman–Crippen LogP) is 7.10. The van der Waals surface area contributed by atoms with Crippen LogP contribution in [0.5, 0.6) is 11.5 Å². The third kappa shape index (κ3) is 6.04. The van der Waals surface area contributed by atoms with E-state index in [1.54, 1.807) is 50.6 Å². The van der Waals surface area contributed by atoms with Gasteiger partial charge in [0.25, 0.3) is 11.8 Å². The van der Waals surface area contributed by atoms with Crippen LogP contribution >= 0.6 is 0 Å². The molecular weight excluding hydrogens is 660 g/mol. The van der Waals surface area contributed by atoms with E-state index in [4.69, 9.17) is 9.47 Å². The largest absolute Gasteiger partial charge is 0.497 e. The Morgan fingerprint density at radius 3 is 1.12 bits per heavy atom. The van der Waals surface area contributed by atoms with Crippen molar-refractivity contribution in [3.8, 4) is 11.5 Å². The first kappa shape index (κ1) is 33.8. The number of carbonyl (C=O) groups is 4. The lowest BCUT2D eigenvalue weighted by atomic mass is 9.84. The molecule has 0 saturated heterocycles. The number of carbonyl (C=O) groups excluding carboxylic acids is 2. The molecule has 0 aliphatic heterocycles. The molecule has 7 aromatic carbocycles. The summed E-state index contributed by atoms with van der Waals surface area (Å²) in [5.41, 5.74) is 2.39. The van der Waals surface area contributed by atoms with Crippen LogP contribution in [0.2, 0.25) is 0 Å². The Morgan fingerprint density at radius 2 is 0.788 bits per heavy atom. The fraction of sp³-hybridized carbons (Fsp3) is 0.143. The highest BCUT2D eigenvalue weighted by Gasteiger charge is 2.25. The minimum absolute atomic E-state index is 0.120. The second kappa shape index (κ2) is 13.9. The molecule has 0 spiro atoms. The van der Waals surface area contributed by atoms with Crippen molar-refractivity contribution in [1.29, 1.82) is 0 Å². The molecule has 0 aliphatic rings. The predicted molar refractivity (Wildman–Crippen MR) is 200 cm³/mol. The number of hydrogen-bond donors (Lipinski definition) is 4. The fourth-order valence-electron chi connectivity index (χ4n) is 7.04. The maximum absolute atomic E-state index is 14.0. The number of amides is 2. The van der Waals surface area contributed by atoms with E-state index in [-0.39, 0.29) is 28.3 Å². The van der Waals surface area contributed by atoms with E-state index in [0.29, 0.717) is 74.8 Å². The Balaban J connectivity index is 1.35. The summed E-state index contributed by atoms with van der Waals surface area (Å²) in [4.78, 5) is 52.6. The van der Waals surface area contributed by atoms with Crippen LogP contribution in [0.1, 0.15) is 52.6 Å². The van der Waals surface area contributed by atoms with Crippen molar-refractivity contribution < 1.29 is 38.9 Å². The molecule has 0 atom stereocenters. The van der Waals surface area contributed by atoms with Gasteiger partial charge in [0.1, 0.15) is 11.5 Å². The number of aromatic carboxylic acids is 2. The fourth-order valence-corrected chi connectivity index (χ4v) is 7.04. The first-order chi connectivity index (χ1) is 25.2. The van der Waals surface area contributed by atoms with Crippen molar-refractivity contribution in [2.75, 3.05) is 27.3 Å². The van der Waals surface area contributed by atoms with Crippen molar-refractivity contribution >= 4 is 66.8 Å². The summed E-state index contributed by atoms with van der Waals surface area (Å²) in [6.07, 6.45) is 1.14. The van der Waals surface area contributed by atoms with Crippen LogP contribution in [-0.2, 0) is 12.8 Å². The van der Waals surface area contributed by atoms with Gasteiger partial charge in [-0.15, -0.1) is 0 Å². The number of hydrogen-bond acceptors (Lipinski definition) is 6. The molecule has 0 heterocycles. The average Bonchev–Trinajstić information content (AvgIpc) is 3.16. The van der Waals surface area contributed by atoms with Crippen LogP contribution in [0.25, 0.3) is 43.1 Å². The highest BCUT2D eigenvalue weighted by Crippen LogP contribution is 2.44. The standard InChI is InChI=1S/C42H34N2O8/c1-51-25-7-3-23(4-8-25)19-21-43-39(45)31-15-11-27-29-13-17-33(41(47)48)38-34(42(49)50)18-14-30(36(29)38)28-12-16-32(37(31)35(27)28)40(46)44-22-20-24-5-9-26(52-2)10-6-24/h3-18H,19-22H2,1-2H3,(H,43,45)(H,44,46)(H,47,48)(H,49,50). The molecule has 0 aromatic heterocycles. The third-order valence-electron chi connectivity index (χ3n) is 9.57. The summed E-state index contributed by atoms with van der Waals surface area (Å²) in [5, 5.41) is 30.4. The average molecular weight is 695 g/mol. The molecular formula is C42H34N2O8. The van der Waals surface area contributed by atoms with Gasteiger partial charge in [-0.1, -0.05) is 48.5 Å². The number of carboxylic acid groups (broad SMARTS) is 2. The van der Waals surface area contributed by atoms with Crippen molar-refractivity contribution in [1.82, 2.24) is 10.6 Å². The second-order valence-electron chi connectivity index (χ2n) is 12.5. The number of rotatable bonds is 12. The van der Waals surface area contributed by atoms with Gasteiger partial charge in [-0.05, 0) is 105 Å². The van der Waals surface area contributed by atoms with Gasteiger partial charge in [0.05, 0.1) is 25.3 Å². The molecule has 0 unspecified atom stereocenters.